The lowest BCUT2D eigenvalue weighted by atomic mass is 9.97. The van der Waals surface area contributed by atoms with Crippen LogP contribution in [0.5, 0.6) is 5.88 Å². The Morgan fingerprint density at radius 2 is 2.23 bits per heavy atom. The monoisotopic (exact) mass is 315 g/mol. The predicted molar refractivity (Wildman–Crippen MR) is 85.6 cm³/mol. The van der Waals surface area contributed by atoms with Crippen molar-refractivity contribution < 1.29 is 9.53 Å². The topological polar surface area (TPSA) is 92.9 Å². The van der Waals surface area contributed by atoms with Crippen LogP contribution in [0.4, 0.5) is 0 Å². The smallest absolute Gasteiger partial charge is 0.249 e. The Bertz CT molecular complexity index is 777. The van der Waals surface area contributed by atoms with E-state index in [0.29, 0.717) is 11.4 Å². The summed E-state index contributed by atoms with van der Waals surface area (Å²) in [6.45, 7) is 5.80. The van der Waals surface area contributed by atoms with Crippen molar-refractivity contribution in [3.63, 3.8) is 0 Å². The lowest BCUT2D eigenvalue weighted by molar-refractivity contribution is 0.0998. The first kappa shape index (κ1) is 15.7. The molecule has 112 valence electrons. The second kappa shape index (κ2) is 6.84. The van der Waals surface area contributed by atoms with Gasteiger partial charge in [0.05, 0.1) is 0 Å². The summed E-state index contributed by atoms with van der Waals surface area (Å²) in [5.41, 5.74) is 10.9. The van der Waals surface area contributed by atoms with Crippen molar-refractivity contribution in [3.8, 4) is 5.88 Å². The van der Waals surface area contributed by atoms with Gasteiger partial charge in [-0.3, -0.25) is 4.79 Å². The van der Waals surface area contributed by atoms with Gasteiger partial charge in [0.1, 0.15) is 6.61 Å². The van der Waals surface area contributed by atoms with Crippen molar-refractivity contribution in [1.82, 2.24) is 9.19 Å². The highest BCUT2D eigenvalue weighted by Crippen LogP contribution is 2.24. The number of thiol groups is 1. The van der Waals surface area contributed by atoms with Crippen LogP contribution in [0, 0.1) is 0 Å². The van der Waals surface area contributed by atoms with Gasteiger partial charge < -0.3 is 4.74 Å². The van der Waals surface area contributed by atoms with E-state index in [1.807, 2.05) is 13.0 Å². The van der Waals surface area contributed by atoms with Crippen molar-refractivity contribution in [1.29, 1.82) is 0 Å². The summed E-state index contributed by atoms with van der Waals surface area (Å²) in [4.78, 5) is 14.5. The number of hydrogen-bond donors (Lipinski definition) is 1. The van der Waals surface area contributed by atoms with Crippen molar-refractivity contribution in [2.24, 2.45) is 5.11 Å². The summed E-state index contributed by atoms with van der Waals surface area (Å²) < 4.78 is 6.88. The molecule has 2 aromatic rings. The molecule has 1 heterocycles. The van der Waals surface area contributed by atoms with Crippen LogP contribution in [0.1, 0.15) is 28.4 Å². The van der Waals surface area contributed by atoms with Crippen LogP contribution in [0.15, 0.2) is 42.2 Å². The highest BCUT2D eigenvalue weighted by molar-refractivity contribution is 7.78. The van der Waals surface area contributed by atoms with E-state index >= 15 is 0 Å². The molecular formula is C14H13N5O2S. The molecule has 1 aromatic carbocycles. The highest BCUT2D eigenvalue weighted by atomic mass is 32.1. The Morgan fingerprint density at radius 1 is 1.50 bits per heavy atom. The molecule has 22 heavy (non-hydrogen) atoms. The van der Waals surface area contributed by atoms with Crippen molar-refractivity contribution in [2.45, 2.75) is 13.5 Å². The molecule has 1 amide bonds. The molecule has 0 atom stereocenters. The fourth-order valence-electron chi connectivity index (χ4n) is 1.96. The second-order valence-electron chi connectivity index (χ2n) is 4.47. The summed E-state index contributed by atoms with van der Waals surface area (Å²) in [6.07, 6.45) is 1.62. The molecular weight excluding hydrogens is 302 g/mol. The molecule has 0 aliphatic heterocycles. The van der Waals surface area contributed by atoms with Crippen LogP contribution in [0.3, 0.4) is 0 Å². The molecule has 0 bridgehead atoms. The number of nitrogens with zero attached hydrogens (tertiary/aromatic N) is 5. The normalized spacial score (nSPS) is 9.91. The third-order valence-electron chi connectivity index (χ3n) is 2.92. The van der Waals surface area contributed by atoms with Crippen LogP contribution in [0.25, 0.3) is 16.0 Å². The van der Waals surface area contributed by atoms with E-state index in [9.17, 15) is 4.79 Å². The van der Waals surface area contributed by atoms with Crippen LogP contribution in [-0.4, -0.2) is 15.1 Å². The Labute approximate surface area is 132 Å². The van der Waals surface area contributed by atoms with E-state index in [4.69, 9.17) is 10.3 Å². The van der Waals surface area contributed by atoms with E-state index in [1.54, 1.807) is 24.4 Å². The molecule has 0 fully saturated rings. The fourth-order valence-corrected chi connectivity index (χ4v) is 2.11. The zero-order valence-electron chi connectivity index (χ0n) is 11.8. The number of allylic oxidation sites excluding steroid dienone is 1. The van der Waals surface area contributed by atoms with Gasteiger partial charge in [-0.1, -0.05) is 30.4 Å². The number of amides is 1. The summed E-state index contributed by atoms with van der Waals surface area (Å²) in [5.74, 6) is -0.294. The molecule has 0 saturated carbocycles. The van der Waals surface area contributed by atoms with E-state index in [0.717, 1.165) is 11.1 Å². The third-order valence-corrected chi connectivity index (χ3v) is 3.14. The summed E-state index contributed by atoms with van der Waals surface area (Å²) in [7, 11) is 0. The Morgan fingerprint density at radius 3 is 2.82 bits per heavy atom. The number of aromatic nitrogens is 2. The van der Waals surface area contributed by atoms with Gasteiger partial charge in [-0.2, -0.15) is 0 Å². The summed E-state index contributed by atoms with van der Waals surface area (Å²) in [6, 6.07) is 6.76. The van der Waals surface area contributed by atoms with Gasteiger partial charge in [0.2, 0.25) is 11.8 Å². The molecule has 0 unspecified atom stereocenters. The predicted octanol–water partition coefficient (Wildman–Crippen LogP) is 3.64. The summed E-state index contributed by atoms with van der Waals surface area (Å²) in [5, 5.41) is 7.12. The van der Waals surface area contributed by atoms with E-state index in [-0.39, 0.29) is 12.2 Å². The van der Waals surface area contributed by atoms with Crippen LogP contribution < -0.4 is 4.74 Å². The van der Waals surface area contributed by atoms with Gasteiger partial charge in [0.15, 0.2) is 0 Å². The number of hydrogen-bond acceptors (Lipinski definition) is 4. The maximum Gasteiger partial charge on any atom is 0.249 e. The third kappa shape index (κ3) is 3.49. The molecule has 1 aromatic heterocycles. The zero-order valence-corrected chi connectivity index (χ0v) is 12.7. The molecule has 0 N–H and O–H groups in total. The molecule has 0 radical (unpaired) electrons. The SMILES string of the molecule is C=C(C)c1cccc(C(=O)N=[N+]=[N-])c1COc1ccn(S)n1. The molecule has 0 spiro atoms. The first-order valence-corrected chi connectivity index (χ1v) is 6.68. The van der Waals surface area contributed by atoms with Gasteiger partial charge in [-0.15, -0.1) is 5.10 Å². The van der Waals surface area contributed by atoms with Gasteiger partial charge in [-0.05, 0) is 35.9 Å². The minimum Gasteiger partial charge on any atom is -0.472 e. The van der Waals surface area contributed by atoms with Crippen molar-refractivity contribution in [2.75, 3.05) is 0 Å². The maximum atomic E-state index is 11.9. The first-order valence-electron chi connectivity index (χ1n) is 6.28. The summed E-state index contributed by atoms with van der Waals surface area (Å²) >= 11 is 4.02. The Balaban J connectivity index is 2.38. The molecule has 7 nitrogen and oxygen atoms in total. The first-order chi connectivity index (χ1) is 10.5. The molecule has 0 aliphatic rings. The van der Waals surface area contributed by atoms with E-state index in [2.05, 4.69) is 34.5 Å². The Hall–Kier alpha value is -2.70. The fraction of sp³-hybridized carbons (Fsp3) is 0.143. The minimum absolute atomic E-state index is 0.0931. The number of ether oxygens (including phenoxy) is 1. The van der Waals surface area contributed by atoms with Crippen LogP contribution in [0.2, 0.25) is 0 Å². The highest BCUT2D eigenvalue weighted by Gasteiger charge is 2.15. The largest absolute Gasteiger partial charge is 0.472 e. The zero-order chi connectivity index (χ0) is 16.1. The molecule has 8 heteroatoms. The lowest BCUT2D eigenvalue weighted by Crippen LogP contribution is -2.07. The molecule has 0 aliphatic carbocycles. The Kier molecular flexibility index (Phi) is 4.88. The standard InChI is InChI=1S/C14H13N5O2S/c1-9(2)10-4-3-5-11(14(20)16-18-15)12(10)8-21-13-6-7-19(22)17-13/h3-7,22H,1,8H2,2H3. The average molecular weight is 315 g/mol. The molecule has 2 rings (SSSR count). The lowest BCUT2D eigenvalue weighted by Gasteiger charge is -2.13. The quantitative estimate of drug-likeness (QED) is 0.395. The molecule has 0 saturated heterocycles. The average Bonchev–Trinajstić information content (AvgIpc) is 2.90. The maximum absolute atomic E-state index is 11.9. The van der Waals surface area contributed by atoms with Gasteiger partial charge in [0.25, 0.3) is 0 Å². The minimum atomic E-state index is -0.663. The number of azide groups is 1. The van der Waals surface area contributed by atoms with Gasteiger partial charge >= 0.3 is 0 Å². The van der Waals surface area contributed by atoms with Crippen LogP contribution >= 0.6 is 12.8 Å². The van der Waals surface area contributed by atoms with Crippen molar-refractivity contribution in [3.05, 3.63) is 64.2 Å². The van der Waals surface area contributed by atoms with E-state index < -0.39 is 5.91 Å². The number of rotatable bonds is 5. The van der Waals surface area contributed by atoms with Crippen LogP contribution in [-0.2, 0) is 6.61 Å². The van der Waals surface area contributed by atoms with E-state index in [1.165, 1.54) is 4.09 Å². The number of benzene rings is 1. The second-order valence-corrected chi connectivity index (χ2v) is 4.88. The van der Waals surface area contributed by atoms with Gasteiger partial charge in [-0.25, -0.2) is 4.09 Å². The van der Waals surface area contributed by atoms with Gasteiger partial charge in [0, 0.05) is 28.3 Å². The van der Waals surface area contributed by atoms with Crippen molar-refractivity contribution >= 4 is 24.3 Å². The number of carbonyl (C=O) groups excluding carboxylic acids is 1. The number of carbonyl (C=O) groups is 1.